The van der Waals surface area contributed by atoms with Gasteiger partial charge in [0.1, 0.15) is 0 Å². The van der Waals surface area contributed by atoms with Gasteiger partial charge in [0.05, 0.1) is 5.69 Å². The van der Waals surface area contributed by atoms with Crippen molar-refractivity contribution in [1.29, 1.82) is 0 Å². The van der Waals surface area contributed by atoms with Crippen molar-refractivity contribution in [3.8, 4) is 0 Å². The molecule has 0 bridgehead atoms. The molecule has 1 aromatic heterocycles. The zero-order chi connectivity index (χ0) is 18.9. The van der Waals surface area contributed by atoms with E-state index >= 15 is 0 Å². The lowest BCUT2D eigenvalue weighted by Crippen LogP contribution is -2.38. The third-order valence-corrected chi connectivity index (χ3v) is 4.62. The molecular formula is C20H32N6. The molecule has 1 aromatic carbocycles. The van der Waals surface area contributed by atoms with Crippen LogP contribution in [0.2, 0.25) is 0 Å². The van der Waals surface area contributed by atoms with E-state index in [-0.39, 0.29) is 0 Å². The summed E-state index contributed by atoms with van der Waals surface area (Å²) >= 11 is 0. The van der Waals surface area contributed by atoms with Crippen LogP contribution in [0.1, 0.15) is 28.9 Å². The SMILES string of the molecule is CN=C(NCCCN(C)Cc1ccccc1)NCc1c(C)nn(C)c1C. The first-order valence-electron chi connectivity index (χ1n) is 9.17. The summed E-state index contributed by atoms with van der Waals surface area (Å²) in [4.78, 5) is 6.65. The lowest BCUT2D eigenvalue weighted by molar-refractivity contribution is 0.322. The van der Waals surface area contributed by atoms with E-state index in [2.05, 4.69) is 69.9 Å². The molecular weight excluding hydrogens is 324 g/mol. The summed E-state index contributed by atoms with van der Waals surface area (Å²) in [7, 11) is 5.94. The van der Waals surface area contributed by atoms with Gasteiger partial charge in [-0.25, -0.2) is 0 Å². The first-order valence-corrected chi connectivity index (χ1v) is 9.17. The maximum absolute atomic E-state index is 4.45. The fraction of sp³-hybridized carbons (Fsp3) is 0.500. The molecule has 2 rings (SSSR count). The topological polar surface area (TPSA) is 57.5 Å². The van der Waals surface area contributed by atoms with Gasteiger partial charge >= 0.3 is 0 Å². The van der Waals surface area contributed by atoms with Gasteiger partial charge in [0.25, 0.3) is 0 Å². The average Bonchev–Trinajstić information content (AvgIpc) is 2.87. The lowest BCUT2D eigenvalue weighted by atomic mass is 10.2. The second-order valence-electron chi connectivity index (χ2n) is 6.70. The molecule has 0 aliphatic rings. The van der Waals surface area contributed by atoms with E-state index in [9.17, 15) is 0 Å². The van der Waals surface area contributed by atoms with Crippen molar-refractivity contribution in [2.75, 3.05) is 27.2 Å². The van der Waals surface area contributed by atoms with Crippen LogP contribution < -0.4 is 10.6 Å². The molecule has 0 atom stereocenters. The van der Waals surface area contributed by atoms with Crippen LogP contribution in [0, 0.1) is 13.8 Å². The van der Waals surface area contributed by atoms with Crippen molar-refractivity contribution in [2.45, 2.75) is 33.4 Å². The second kappa shape index (κ2) is 9.97. The average molecular weight is 357 g/mol. The van der Waals surface area contributed by atoms with Crippen molar-refractivity contribution < 1.29 is 0 Å². The summed E-state index contributed by atoms with van der Waals surface area (Å²) in [6.45, 7) is 7.79. The minimum atomic E-state index is 0.735. The number of guanidine groups is 1. The Hall–Kier alpha value is -2.34. The minimum absolute atomic E-state index is 0.735. The summed E-state index contributed by atoms with van der Waals surface area (Å²) in [5, 5.41) is 11.2. The zero-order valence-electron chi connectivity index (χ0n) is 16.7. The highest BCUT2D eigenvalue weighted by Gasteiger charge is 2.09. The summed E-state index contributed by atoms with van der Waals surface area (Å²) in [5.41, 5.74) is 4.84. The quantitative estimate of drug-likeness (QED) is 0.433. The Bertz CT molecular complexity index is 705. The Kier molecular flexibility index (Phi) is 7.66. The van der Waals surface area contributed by atoms with Gasteiger partial charge in [0.15, 0.2) is 5.96 Å². The van der Waals surface area contributed by atoms with E-state index in [0.29, 0.717) is 0 Å². The maximum Gasteiger partial charge on any atom is 0.191 e. The molecule has 2 N–H and O–H groups in total. The highest BCUT2D eigenvalue weighted by molar-refractivity contribution is 5.79. The molecule has 0 radical (unpaired) electrons. The highest BCUT2D eigenvalue weighted by atomic mass is 15.3. The summed E-state index contributed by atoms with van der Waals surface area (Å²) in [6.07, 6.45) is 1.06. The predicted octanol–water partition coefficient (Wildman–Crippen LogP) is 2.22. The Balaban J connectivity index is 1.69. The fourth-order valence-corrected chi connectivity index (χ4v) is 3.00. The number of nitrogens with zero attached hydrogens (tertiary/aromatic N) is 4. The highest BCUT2D eigenvalue weighted by Crippen LogP contribution is 2.11. The van der Waals surface area contributed by atoms with Crippen LogP contribution >= 0.6 is 0 Å². The molecule has 0 saturated heterocycles. The van der Waals surface area contributed by atoms with Gasteiger partial charge in [-0.2, -0.15) is 5.10 Å². The van der Waals surface area contributed by atoms with Crippen molar-refractivity contribution in [2.24, 2.45) is 12.0 Å². The van der Waals surface area contributed by atoms with Crippen LogP contribution in [-0.4, -0.2) is 47.8 Å². The van der Waals surface area contributed by atoms with Crippen molar-refractivity contribution >= 4 is 5.96 Å². The normalized spacial score (nSPS) is 11.8. The van der Waals surface area contributed by atoms with Crippen molar-refractivity contribution in [3.05, 3.63) is 52.8 Å². The van der Waals surface area contributed by atoms with Crippen LogP contribution in [0.4, 0.5) is 0 Å². The van der Waals surface area contributed by atoms with Gasteiger partial charge in [-0.1, -0.05) is 30.3 Å². The molecule has 0 saturated carbocycles. The molecule has 1 heterocycles. The number of aryl methyl sites for hydroxylation is 2. The number of benzene rings is 1. The number of aromatic nitrogens is 2. The minimum Gasteiger partial charge on any atom is -0.356 e. The molecule has 6 heteroatoms. The molecule has 0 aliphatic heterocycles. The molecule has 6 nitrogen and oxygen atoms in total. The van der Waals surface area contributed by atoms with Crippen LogP contribution in [0.25, 0.3) is 0 Å². The standard InChI is InChI=1S/C20H32N6/c1-16-19(17(2)26(5)24-16)14-23-20(21-3)22-12-9-13-25(4)15-18-10-7-6-8-11-18/h6-8,10-11H,9,12-15H2,1-5H3,(H2,21,22,23). The number of aliphatic imine (C=N–C) groups is 1. The summed E-state index contributed by atoms with van der Waals surface area (Å²) in [6, 6.07) is 10.6. The second-order valence-corrected chi connectivity index (χ2v) is 6.70. The van der Waals surface area contributed by atoms with E-state index in [1.54, 1.807) is 7.05 Å². The molecule has 0 unspecified atom stereocenters. The zero-order valence-corrected chi connectivity index (χ0v) is 16.7. The van der Waals surface area contributed by atoms with E-state index in [0.717, 1.165) is 44.3 Å². The van der Waals surface area contributed by atoms with Crippen LogP contribution in [-0.2, 0) is 20.1 Å². The Morgan fingerprint density at radius 2 is 1.92 bits per heavy atom. The fourth-order valence-electron chi connectivity index (χ4n) is 3.00. The number of hydrogen-bond donors (Lipinski definition) is 2. The Morgan fingerprint density at radius 1 is 1.19 bits per heavy atom. The van der Waals surface area contributed by atoms with Gasteiger partial charge in [-0.15, -0.1) is 0 Å². The lowest BCUT2D eigenvalue weighted by Gasteiger charge is -2.17. The van der Waals surface area contributed by atoms with Gasteiger partial charge in [-0.05, 0) is 39.4 Å². The third-order valence-electron chi connectivity index (χ3n) is 4.62. The maximum atomic E-state index is 4.45. The summed E-state index contributed by atoms with van der Waals surface area (Å²) in [5.74, 6) is 0.832. The molecule has 142 valence electrons. The van der Waals surface area contributed by atoms with Crippen LogP contribution in [0.3, 0.4) is 0 Å². The molecule has 2 aromatic rings. The van der Waals surface area contributed by atoms with Gasteiger partial charge < -0.3 is 15.5 Å². The number of nitrogens with one attached hydrogen (secondary N) is 2. The predicted molar refractivity (Wildman–Crippen MR) is 108 cm³/mol. The van der Waals surface area contributed by atoms with Gasteiger partial charge in [-0.3, -0.25) is 9.67 Å². The number of hydrogen-bond acceptors (Lipinski definition) is 3. The van der Waals surface area contributed by atoms with E-state index in [1.165, 1.54) is 16.8 Å². The van der Waals surface area contributed by atoms with E-state index in [1.807, 2.05) is 18.7 Å². The van der Waals surface area contributed by atoms with E-state index in [4.69, 9.17) is 0 Å². The van der Waals surface area contributed by atoms with Crippen LogP contribution in [0.5, 0.6) is 0 Å². The Morgan fingerprint density at radius 3 is 2.54 bits per heavy atom. The molecule has 0 amide bonds. The molecule has 0 aliphatic carbocycles. The monoisotopic (exact) mass is 356 g/mol. The number of rotatable bonds is 8. The Labute approximate surface area is 157 Å². The van der Waals surface area contributed by atoms with Gasteiger partial charge in [0.2, 0.25) is 0 Å². The van der Waals surface area contributed by atoms with E-state index < -0.39 is 0 Å². The molecule has 0 spiro atoms. The third kappa shape index (κ3) is 5.88. The van der Waals surface area contributed by atoms with Crippen LogP contribution in [0.15, 0.2) is 35.3 Å². The largest absolute Gasteiger partial charge is 0.356 e. The first-order chi connectivity index (χ1) is 12.5. The molecule has 0 fully saturated rings. The van der Waals surface area contributed by atoms with Crippen molar-refractivity contribution in [3.63, 3.8) is 0 Å². The first kappa shape index (κ1) is 20.0. The van der Waals surface area contributed by atoms with Crippen molar-refractivity contribution in [1.82, 2.24) is 25.3 Å². The smallest absolute Gasteiger partial charge is 0.191 e. The van der Waals surface area contributed by atoms with Gasteiger partial charge in [0, 0.05) is 45.0 Å². The summed E-state index contributed by atoms with van der Waals surface area (Å²) < 4.78 is 1.92. The molecule has 26 heavy (non-hydrogen) atoms.